The van der Waals surface area contributed by atoms with Crippen LogP contribution in [0.5, 0.6) is 0 Å². The van der Waals surface area contributed by atoms with Crippen LogP contribution in [0.15, 0.2) is 24.3 Å². The van der Waals surface area contributed by atoms with Crippen LogP contribution in [0.3, 0.4) is 0 Å². The average molecular weight is 443 g/mol. The Hall–Kier alpha value is -2.62. The Bertz CT molecular complexity index is 1140. The van der Waals surface area contributed by atoms with Crippen molar-refractivity contribution in [3.63, 3.8) is 0 Å². The molecule has 2 aliphatic rings. The van der Waals surface area contributed by atoms with Crippen LogP contribution in [0.2, 0.25) is 0 Å². The minimum absolute atomic E-state index is 0.0953. The number of halogens is 2. The third-order valence-electron chi connectivity index (χ3n) is 6.70. The Labute approximate surface area is 185 Å². The van der Waals surface area contributed by atoms with E-state index in [0.717, 1.165) is 48.1 Å². The highest BCUT2D eigenvalue weighted by molar-refractivity contribution is 5.53. The van der Waals surface area contributed by atoms with E-state index in [1.807, 2.05) is 18.7 Å². The quantitative estimate of drug-likeness (QED) is 0.672. The van der Waals surface area contributed by atoms with E-state index in [1.165, 1.54) is 11.8 Å². The van der Waals surface area contributed by atoms with Gasteiger partial charge in [-0.2, -0.15) is 5.10 Å². The van der Waals surface area contributed by atoms with Gasteiger partial charge in [-0.05, 0) is 44.5 Å². The van der Waals surface area contributed by atoms with Crippen LogP contribution in [0.25, 0.3) is 11.5 Å². The summed E-state index contributed by atoms with van der Waals surface area (Å²) in [6.07, 6.45) is -0.00272. The van der Waals surface area contributed by atoms with Crippen LogP contribution in [0.4, 0.5) is 8.78 Å². The van der Waals surface area contributed by atoms with Gasteiger partial charge in [0.25, 0.3) is 0 Å². The molecule has 9 heteroatoms. The van der Waals surface area contributed by atoms with Gasteiger partial charge in [-0.1, -0.05) is 0 Å². The lowest BCUT2D eigenvalue weighted by molar-refractivity contribution is -0.0535. The summed E-state index contributed by atoms with van der Waals surface area (Å²) in [4.78, 5) is 7.23. The third-order valence-corrected chi connectivity index (χ3v) is 6.70. The molecule has 3 atom stereocenters. The van der Waals surface area contributed by atoms with Crippen molar-refractivity contribution in [3.05, 3.63) is 58.5 Å². The molecule has 2 aromatic heterocycles. The highest BCUT2D eigenvalue weighted by atomic mass is 19.1. The predicted octanol–water partition coefficient (Wildman–Crippen LogP) is 3.06. The van der Waals surface area contributed by atoms with Crippen molar-refractivity contribution in [2.45, 2.75) is 58.1 Å². The highest BCUT2D eigenvalue weighted by Gasteiger charge is 2.38. The topological polar surface area (TPSA) is 74.1 Å². The van der Waals surface area contributed by atoms with Crippen LogP contribution < -0.4 is 5.73 Å². The van der Waals surface area contributed by atoms with Crippen molar-refractivity contribution in [1.82, 2.24) is 24.2 Å². The molecule has 2 aliphatic heterocycles. The summed E-state index contributed by atoms with van der Waals surface area (Å²) in [5, 5.41) is 4.60. The second-order valence-electron chi connectivity index (χ2n) is 8.75. The maximum atomic E-state index is 14.2. The fourth-order valence-electron chi connectivity index (χ4n) is 4.90. The molecule has 0 saturated carbocycles. The van der Waals surface area contributed by atoms with Crippen LogP contribution in [0.1, 0.15) is 42.1 Å². The number of nitrogens with zero attached hydrogens (tertiary/aromatic N) is 5. The second kappa shape index (κ2) is 8.06. The summed E-state index contributed by atoms with van der Waals surface area (Å²) in [6, 6.07) is 5.15. The van der Waals surface area contributed by atoms with E-state index in [2.05, 4.69) is 27.6 Å². The molecule has 0 aliphatic carbocycles. The summed E-state index contributed by atoms with van der Waals surface area (Å²) in [6.45, 7) is 6.82. The molecular formula is C23H28F2N6O. The number of benzene rings is 1. The fourth-order valence-corrected chi connectivity index (χ4v) is 4.90. The minimum Gasteiger partial charge on any atom is -0.370 e. The Morgan fingerprint density at radius 2 is 2.03 bits per heavy atom. The molecule has 32 heavy (non-hydrogen) atoms. The average Bonchev–Trinajstić information content (AvgIpc) is 3.42. The van der Waals surface area contributed by atoms with Crippen LogP contribution in [0, 0.1) is 18.6 Å². The molecule has 3 aromatic rings. The summed E-state index contributed by atoms with van der Waals surface area (Å²) in [5.41, 5.74) is 10.8. The van der Waals surface area contributed by atoms with E-state index in [1.54, 1.807) is 0 Å². The van der Waals surface area contributed by atoms with Gasteiger partial charge >= 0.3 is 0 Å². The molecule has 0 radical (unpaired) electrons. The Morgan fingerprint density at radius 1 is 1.22 bits per heavy atom. The maximum absolute atomic E-state index is 14.2. The molecule has 1 fully saturated rings. The van der Waals surface area contributed by atoms with E-state index < -0.39 is 23.8 Å². The van der Waals surface area contributed by atoms with E-state index in [-0.39, 0.29) is 11.6 Å². The van der Waals surface area contributed by atoms with Gasteiger partial charge in [-0.3, -0.25) is 9.58 Å². The standard InChI is InChI=1S/C23H28F2N6O/c1-4-31-21-11-30(10-20(21)27-23(31)19-7-13(2)29(3)28-19)15-9-18(26)22(32-12-15)16-8-14(24)5-6-17(16)25/h5-8,15,18,22H,4,9-12,26H2,1-3H3/t15-,18?,22-/m1/s1. The molecule has 1 unspecified atom stereocenters. The van der Waals surface area contributed by atoms with Crippen LogP contribution in [-0.4, -0.2) is 42.9 Å². The van der Waals surface area contributed by atoms with E-state index in [4.69, 9.17) is 15.5 Å². The molecule has 0 bridgehead atoms. The van der Waals surface area contributed by atoms with Gasteiger partial charge in [0, 0.05) is 50.0 Å². The van der Waals surface area contributed by atoms with E-state index in [9.17, 15) is 8.78 Å². The number of hydrogen-bond donors (Lipinski definition) is 1. The Balaban J connectivity index is 1.32. The normalized spacial score (nSPS) is 23.6. The van der Waals surface area contributed by atoms with Crippen molar-refractivity contribution in [2.75, 3.05) is 6.61 Å². The summed E-state index contributed by atoms with van der Waals surface area (Å²) in [5.74, 6) is -0.0765. The first-order valence-electron chi connectivity index (χ1n) is 11.0. The van der Waals surface area contributed by atoms with Crippen molar-refractivity contribution < 1.29 is 13.5 Å². The van der Waals surface area contributed by atoms with Gasteiger partial charge in [-0.15, -0.1) is 0 Å². The number of rotatable bonds is 4. The third kappa shape index (κ3) is 3.54. The van der Waals surface area contributed by atoms with Gasteiger partial charge in [0.1, 0.15) is 23.4 Å². The molecular weight excluding hydrogens is 414 g/mol. The number of nitrogens with two attached hydrogens (primary N) is 1. The van der Waals surface area contributed by atoms with Gasteiger partial charge in [0.15, 0.2) is 5.82 Å². The first-order valence-corrected chi connectivity index (χ1v) is 11.0. The van der Waals surface area contributed by atoms with Crippen LogP contribution in [-0.2, 0) is 31.4 Å². The second-order valence-corrected chi connectivity index (χ2v) is 8.75. The lowest BCUT2D eigenvalue weighted by atomic mass is 9.93. The summed E-state index contributed by atoms with van der Waals surface area (Å²) in [7, 11) is 1.93. The first kappa shape index (κ1) is 21.2. The van der Waals surface area contributed by atoms with Crippen molar-refractivity contribution in [2.24, 2.45) is 12.8 Å². The van der Waals surface area contributed by atoms with E-state index >= 15 is 0 Å². The molecule has 5 rings (SSSR count). The van der Waals surface area contributed by atoms with E-state index in [0.29, 0.717) is 19.6 Å². The lowest BCUT2D eigenvalue weighted by Gasteiger charge is -2.38. The number of ether oxygens (including phenoxy) is 1. The Morgan fingerprint density at radius 3 is 2.72 bits per heavy atom. The smallest absolute Gasteiger partial charge is 0.161 e. The number of aromatic nitrogens is 4. The number of hydrogen-bond acceptors (Lipinski definition) is 5. The fraction of sp³-hybridized carbons (Fsp3) is 0.478. The molecule has 2 N–H and O–H groups in total. The van der Waals surface area contributed by atoms with Gasteiger partial charge < -0.3 is 15.0 Å². The summed E-state index contributed by atoms with van der Waals surface area (Å²) < 4.78 is 37.9. The largest absolute Gasteiger partial charge is 0.370 e. The number of fused-ring (bicyclic) bond motifs is 1. The van der Waals surface area contributed by atoms with Gasteiger partial charge in [0.05, 0.1) is 18.0 Å². The molecule has 1 saturated heterocycles. The van der Waals surface area contributed by atoms with Crippen molar-refractivity contribution in [1.29, 1.82) is 0 Å². The number of imidazole rings is 1. The molecule has 0 amide bonds. The number of aryl methyl sites for hydroxylation is 2. The van der Waals surface area contributed by atoms with Crippen molar-refractivity contribution in [3.8, 4) is 11.5 Å². The zero-order valence-electron chi connectivity index (χ0n) is 18.6. The molecule has 0 spiro atoms. The van der Waals surface area contributed by atoms with Crippen LogP contribution >= 0.6 is 0 Å². The Kier molecular flexibility index (Phi) is 5.35. The minimum atomic E-state index is -0.645. The predicted molar refractivity (Wildman–Crippen MR) is 116 cm³/mol. The molecule has 4 heterocycles. The monoisotopic (exact) mass is 442 g/mol. The maximum Gasteiger partial charge on any atom is 0.161 e. The summed E-state index contributed by atoms with van der Waals surface area (Å²) >= 11 is 0. The molecule has 170 valence electrons. The highest BCUT2D eigenvalue weighted by Crippen LogP contribution is 2.35. The van der Waals surface area contributed by atoms with Gasteiger partial charge in [-0.25, -0.2) is 13.8 Å². The lowest BCUT2D eigenvalue weighted by Crippen LogP contribution is -2.47. The van der Waals surface area contributed by atoms with Crippen molar-refractivity contribution >= 4 is 0 Å². The van der Waals surface area contributed by atoms with Gasteiger partial charge in [0.2, 0.25) is 0 Å². The first-order chi connectivity index (χ1) is 15.4. The molecule has 7 nitrogen and oxygen atoms in total. The zero-order chi connectivity index (χ0) is 22.6. The SMILES string of the molecule is CCn1c(-c2cc(C)n(C)n2)nc2c1CN([C@H]1CO[C@H](c3cc(F)ccc3F)C(N)C1)C2. The molecule has 1 aromatic carbocycles. The zero-order valence-corrected chi connectivity index (χ0v) is 18.6.